The number of amides is 1. The van der Waals surface area contributed by atoms with Crippen molar-refractivity contribution in [3.63, 3.8) is 0 Å². The summed E-state index contributed by atoms with van der Waals surface area (Å²) in [6, 6.07) is 9.16. The van der Waals surface area contributed by atoms with Gasteiger partial charge in [-0.3, -0.25) is 4.79 Å². The normalized spacial score (nSPS) is 22.6. The zero-order valence-electron chi connectivity index (χ0n) is 11.8. The SMILES string of the molecule is CC1CCN(C(=O)CCc2ccccc2)C(C(=O)O)C1. The first kappa shape index (κ1) is 14.6. The van der Waals surface area contributed by atoms with Crippen LogP contribution in [0, 0.1) is 5.92 Å². The van der Waals surface area contributed by atoms with Crippen molar-refractivity contribution in [1.29, 1.82) is 0 Å². The third-order valence-corrected chi connectivity index (χ3v) is 3.94. The van der Waals surface area contributed by atoms with E-state index in [-0.39, 0.29) is 5.91 Å². The minimum Gasteiger partial charge on any atom is -0.480 e. The maximum Gasteiger partial charge on any atom is 0.326 e. The van der Waals surface area contributed by atoms with E-state index < -0.39 is 12.0 Å². The summed E-state index contributed by atoms with van der Waals surface area (Å²) in [7, 11) is 0. The van der Waals surface area contributed by atoms with E-state index in [2.05, 4.69) is 0 Å². The van der Waals surface area contributed by atoms with Crippen LogP contribution < -0.4 is 0 Å². The first-order chi connectivity index (χ1) is 9.58. The number of aliphatic carboxylic acids is 1. The zero-order chi connectivity index (χ0) is 14.5. The highest BCUT2D eigenvalue weighted by Crippen LogP contribution is 2.23. The number of nitrogens with zero attached hydrogens (tertiary/aromatic N) is 1. The van der Waals surface area contributed by atoms with Crippen molar-refractivity contribution >= 4 is 11.9 Å². The quantitative estimate of drug-likeness (QED) is 0.917. The summed E-state index contributed by atoms with van der Waals surface area (Å²) < 4.78 is 0. The lowest BCUT2D eigenvalue weighted by molar-refractivity contribution is -0.153. The molecule has 2 atom stereocenters. The van der Waals surface area contributed by atoms with Crippen LogP contribution in [-0.2, 0) is 16.0 Å². The molecule has 20 heavy (non-hydrogen) atoms. The lowest BCUT2D eigenvalue weighted by Gasteiger charge is -2.36. The fourth-order valence-corrected chi connectivity index (χ4v) is 2.71. The van der Waals surface area contributed by atoms with Gasteiger partial charge < -0.3 is 10.0 Å². The van der Waals surface area contributed by atoms with Gasteiger partial charge in [0.1, 0.15) is 6.04 Å². The number of piperidine rings is 1. The number of carbonyl (C=O) groups excluding carboxylic acids is 1. The first-order valence-electron chi connectivity index (χ1n) is 7.14. The number of likely N-dealkylation sites (tertiary alicyclic amines) is 1. The highest BCUT2D eigenvalue weighted by atomic mass is 16.4. The van der Waals surface area contributed by atoms with Crippen molar-refractivity contribution < 1.29 is 14.7 Å². The molecule has 1 aromatic carbocycles. The number of aryl methyl sites for hydroxylation is 1. The average Bonchev–Trinajstić information content (AvgIpc) is 2.45. The van der Waals surface area contributed by atoms with Crippen LogP contribution in [-0.4, -0.2) is 34.5 Å². The largest absolute Gasteiger partial charge is 0.480 e. The Morgan fingerprint density at radius 2 is 2.00 bits per heavy atom. The minimum atomic E-state index is -0.885. The van der Waals surface area contributed by atoms with Gasteiger partial charge in [0.25, 0.3) is 0 Å². The van der Waals surface area contributed by atoms with Crippen LogP contribution in [0.25, 0.3) is 0 Å². The Hall–Kier alpha value is -1.84. The van der Waals surface area contributed by atoms with Crippen LogP contribution in [0.3, 0.4) is 0 Å². The van der Waals surface area contributed by atoms with E-state index in [0.29, 0.717) is 31.7 Å². The molecule has 0 aliphatic carbocycles. The van der Waals surface area contributed by atoms with Gasteiger partial charge in [-0.2, -0.15) is 0 Å². The molecule has 0 aromatic heterocycles. The average molecular weight is 275 g/mol. The maximum atomic E-state index is 12.3. The first-order valence-corrected chi connectivity index (χ1v) is 7.14. The number of hydrogen-bond acceptors (Lipinski definition) is 2. The number of carboxylic acids is 1. The molecule has 0 bridgehead atoms. The van der Waals surface area contributed by atoms with E-state index in [1.54, 1.807) is 4.90 Å². The van der Waals surface area contributed by atoms with Gasteiger partial charge in [-0.15, -0.1) is 0 Å². The maximum absolute atomic E-state index is 12.3. The van der Waals surface area contributed by atoms with Crippen LogP contribution in [0.15, 0.2) is 30.3 Å². The van der Waals surface area contributed by atoms with Crippen molar-refractivity contribution in [2.24, 2.45) is 5.92 Å². The molecule has 2 unspecified atom stereocenters. The second kappa shape index (κ2) is 6.55. The molecule has 1 aliphatic rings. The van der Waals surface area contributed by atoms with Crippen molar-refractivity contribution in [1.82, 2.24) is 4.90 Å². The Morgan fingerprint density at radius 3 is 2.65 bits per heavy atom. The van der Waals surface area contributed by atoms with Crippen LogP contribution in [0.2, 0.25) is 0 Å². The molecular weight excluding hydrogens is 254 g/mol. The van der Waals surface area contributed by atoms with Gasteiger partial charge in [0, 0.05) is 13.0 Å². The van der Waals surface area contributed by atoms with Crippen molar-refractivity contribution in [3.05, 3.63) is 35.9 Å². The highest BCUT2D eigenvalue weighted by Gasteiger charge is 2.34. The molecule has 1 fully saturated rings. The summed E-state index contributed by atoms with van der Waals surface area (Å²) in [4.78, 5) is 25.1. The Labute approximate surface area is 119 Å². The van der Waals surface area contributed by atoms with E-state index in [4.69, 9.17) is 0 Å². The fourth-order valence-electron chi connectivity index (χ4n) is 2.71. The minimum absolute atomic E-state index is 0.0480. The monoisotopic (exact) mass is 275 g/mol. The Bertz CT molecular complexity index is 472. The molecule has 1 saturated heterocycles. The molecule has 1 heterocycles. The molecule has 108 valence electrons. The molecule has 1 amide bonds. The molecule has 0 spiro atoms. The van der Waals surface area contributed by atoms with Gasteiger partial charge >= 0.3 is 5.97 Å². The second-order valence-corrected chi connectivity index (χ2v) is 5.56. The van der Waals surface area contributed by atoms with Crippen LogP contribution in [0.1, 0.15) is 31.7 Å². The third-order valence-electron chi connectivity index (χ3n) is 3.94. The smallest absolute Gasteiger partial charge is 0.326 e. The summed E-state index contributed by atoms with van der Waals surface area (Å²) in [5.74, 6) is -0.563. The Kier molecular flexibility index (Phi) is 4.77. The molecule has 1 aromatic rings. The van der Waals surface area contributed by atoms with Crippen LogP contribution in [0.5, 0.6) is 0 Å². The lowest BCUT2D eigenvalue weighted by atomic mass is 9.92. The molecular formula is C16H21NO3. The van der Waals surface area contributed by atoms with E-state index in [0.717, 1.165) is 12.0 Å². The van der Waals surface area contributed by atoms with Crippen LogP contribution in [0.4, 0.5) is 0 Å². The summed E-state index contributed by atoms with van der Waals surface area (Å²) in [5, 5.41) is 9.27. The molecule has 0 radical (unpaired) electrons. The topological polar surface area (TPSA) is 57.6 Å². The molecule has 4 nitrogen and oxygen atoms in total. The third kappa shape index (κ3) is 3.59. The summed E-state index contributed by atoms with van der Waals surface area (Å²) >= 11 is 0. The van der Waals surface area contributed by atoms with E-state index in [1.165, 1.54) is 0 Å². The van der Waals surface area contributed by atoms with Gasteiger partial charge in [-0.25, -0.2) is 4.79 Å². The number of carboxylic acid groups (broad SMARTS) is 1. The van der Waals surface area contributed by atoms with Crippen molar-refractivity contribution in [2.75, 3.05) is 6.54 Å². The number of carbonyl (C=O) groups is 2. The summed E-state index contributed by atoms with van der Waals surface area (Å²) in [6.45, 7) is 2.60. The molecule has 0 saturated carbocycles. The van der Waals surface area contributed by atoms with E-state index in [9.17, 15) is 14.7 Å². The molecule has 4 heteroatoms. The van der Waals surface area contributed by atoms with Gasteiger partial charge in [0.15, 0.2) is 0 Å². The Balaban J connectivity index is 1.95. The van der Waals surface area contributed by atoms with Crippen molar-refractivity contribution in [2.45, 2.75) is 38.6 Å². The fraction of sp³-hybridized carbons (Fsp3) is 0.500. The van der Waals surface area contributed by atoms with E-state index in [1.807, 2.05) is 37.3 Å². The predicted octanol–water partition coefficient (Wildman–Crippen LogP) is 2.33. The second-order valence-electron chi connectivity index (χ2n) is 5.56. The highest BCUT2D eigenvalue weighted by molar-refractivity contribution is 5.84. The lowest BCUT2D eigenvalue weighted by Crippen LogP contribution is -2.49. The van der Waals surface area contributed by atoms with Crippen molar-refractivity contribution in [3.8, 4) is 0 Å². The van der Waals surface area contributed by atoms with E-state index >= 15 is 0 Å². The molecule has 2 rings (SSSR count). The summed E-state index contributed by atoms with van der Waals surface area (Å²) in [6.07, 6.45) is 2.49. The predicted molar refractivity (Wildman–Crippen MR) is 76.3 cm³/mol. The standard InChI is InChI=1S/C16H21NO3/c1-12-9-10-17(14(11-12)16(19)20)15(18)8-7-13-5-3-2-4-6-13/h2-6,12,14H,7-11H2,1H3,(H,19,20). The summed E-state index contributed by atoms with van der Waals surface area (Å²) in [5.41, 5.74) is 1.11. The van der Waals surface area contributed by atoms with Crippen LogP contribution >= 0.6 is 0 Å². The number of benzene rings is 1. The van der Waals surface area contributed by atoms with Gasteiger partial charge in [-0.05, 0) is 30.7 Å². The molecule has 1 aliphatic heterocycles. The Morgan fingerprint density at radius 1 is 1.30 bits per heavy atom. The number of rotatable bonds is 4. The zero-order valence-corrected chi connectivity index (χ0v) is 11.8. The van der Waals surface area contributed by atoms with Gasteiger partial charge in [0.05, 0.1) is 0 Å². The van der Waals surface area contributed by atoms with Gasteiger partial charge in [-0.1, -0.05) is 37.3 Å². The van der Waals surface area contributed by atoms with Gasteiger partial charge in [0.2, 0.25) is 5.91 Å². The number of hydrogen-bond donors (Lipinski definition) is 1. The molecule has 1 N–H and O–H groups in total.